The molecule has 0 spiro atoms. The number of hydrogen-bond donors (Lipinski definition) is 1. The van der Waals surface area contributed by atoms with Gasteiger partial charge in [-0.15, -0.1) is 11.8 Å². The molecule has 3 aromatic rings. The van der Waals surface area contributed by atoms with E-state index in [9.17, 15) is 14.4 Å². The minimum Gasteiger partial charge on any atom is -0.493 e. The van der Waals surface area contributed by atoms with Crippen LogP contribution < -0.4 is 14.8 Å². The quantitative estimate of drug-likeness (QED) is 0.379. The van der Waals surface area contributed by atoms with Crippen molar-refractivity contribution in [2.45, 2.75) is 17.7 Å². The van der Waals surface area contributed by atoms with Gasteiger partial charge in [0.15, 0.2) is 17.3 Å². The van der Waals surface area contributed by atoms with Gasteiger partial charge in [-0.05, 0) is 54.3 Å². The molecule has 0 fully saturated rings. The largest absolute Gasteiger partial charge is 0.493 e. The molecule has 0 aliphatic carbocycles. The third kappa shape index (κ3) is 5.15. The Bertz CT molecular complexity index is 1220. The standard InChI is InChI=1S/C27H25NO5S/c1-32-22-14-11-18(15-23(22)33-2)8-7-17-9-12-19(13-10-17)28-27(31)26(30)21-16-34-24-6-4-3-5-20(24)25(21)29/h3-6,9-15,21H,7-8,16H2,1-2H3,(H,28,31). The van der Waals surface area contributed by atoms with Crippen molar-refractivity contribution >= 4 is 34.9 Å². The second-order valence-corrected chi connectivity index (χ2v) is 8.99. The van der Waals surface area contributed by atoms with Crippen LogP contribution in [0.5, 0.6) is 11.5 Å². The fourth-order valence-electron chi connectivity index (χ4n) is 3.86. The van der Waals surface area contributed by atoms with Crippen molar-refractivity contribution < 1.29 is 23.9 Å². The molecule has 3 aromatic carbocycles. The summed E-state index contributed by atoms with van der Waals surface area (Å²) in [6.07, 6.45) is 1.61. The molecular weight excluding hydrogens is 450 g/mol. The number of benzene rings is 3. The highest BCUT2D eigenvalue weighted by Gasteiger charge is 2.36. The Balaban J connectivity index is 1.34. The average molecular weight is 476 g/mol. The molecule has 34 heavy (non-hydrogen) atoms. The number of aryl methyl sites for hydroxylation is 2. The first-order valence-corrected chi connectivity index (χ1v) is 11.9. The Morgan fingerprint density at radius 3 is 2.32 bits per heavy atom. The summed E-state index contributed by atoms with van der Waals surface area (Å²) in [5, 5.41) is 2.63. The number of anilines is 1. The van der Waals surface area contributed by atoms with Crippen LogP contribution in [-0.2, 0) is 22.4 Å². The van der Waals surface area contributed by atoms with Crippen molar-refractivity contribution in [3.8, 4) is 11.5 Å². The van der Waals surface area contributed by atoms with Gasteiger partial charge in [0.25, 0.3) is 5.91 Å². The third-order valence-electron chi connectivity index (χ3n) is 5.78. The van der Waals surface area contributed by atoms with Crippen molar-refractivity contribution in [2.24, 2.45) is 5.92 Å². The van der Waals surface area contributed by atoms with Crippen LogP contribution in [0.3, 0.4) is 0 Å². The maximum Gasteiger partial charge on any atom is 0.292 e. The summed E-state index contributed by atoms with van der Waals surface area (Å²) in [6.45, 7) is 0. The lowest BCUT2D eigenvalue weighted by Gasteiger charge is -2.21. The summed E-state index contributed by atoms with van der Waals surface area (Å²) in [6, 6.07) is 20.4. The zero-order chi connectivity index (χ0) is 24.1. The lowest BCUT2D eigenvalue weighted by atomic mass is 9.94. The summed E-state index contributed by atoms with van der Waals surface area (Å²) in [5.41, 5.74) is 3.24. The number of hydrogen-bond acceptors (Lipinski definition) is 6. The van der Waals surface area contributed by atoms with Gasteiger partial charge in [0.05, 0.1) is 14.2 Å². The van der Waals surface area contributed by atoms with Crippen LogP contribution in [-0.4, -0.2) is 37.4 Å². The summed E-state index contributed by atoms with van der Waals surface area (Å²) in [4.78, 5) is 38.8. The molecule has 1 aliphatic heterocycles. The smallest absolute Gasteiger partial charge is 0.292 e. The Kier molecular flexibility index (Phi) is 7.33. The summed E-state index contributed by atoms with van der Waals surface area (Å²) in [5.74, 6) is -1.06. The second kappa shape index (κ2) is 10.6. The second-order valence-electron chi connectivity index (χ2n) is 7.93. The Morgan fingerprint density at radius 1 is 0.912 bits per heavy atom. The molecule has 0 aromatic heterocycles. The Hall–Kier alpha value is -3.58. The number of fused-ring (bicyclic) bond motifs is 1. The number of methoxy groups -OCH3 is 2. The van der Waals surface area contributed by atoms with Crippen molar-refractivity contribution in [3.05, 3.63) is 83.4 Å². The van der Waals surface area contributed by atoms with E-state index >= 15 is 0 Å². The summed E-state index contributed by atoms with van der Waals surface area (Å²) in [7, 11) is 3.22. The molecule has 1 heterocycles. The highest BCUT2D eigenvalue weighted by atomic mass is 32.2. The van der Waals surface area contributed by atoms with Crippen molar-refractivity contribution in [1.29, 1.82) is 0 Å². The van der Waals surface area contributed by atoms with Crippen LogP contribution in [0.4, 0.5) is 5.69 Å². The fraction of sp³-hybridized carbons (Fsp3) is 0.222. The minimum absolute atomic E-state index is 0.275. The predicted octanol–water partition coefficient (Wildman–Crippen LogP) is 4.60. The molecule has 1 aliphatic rings. The molecule has 0 radical (unpaired) electrons. The maximum atomic E-state index is 12.7. The number of carbonyl (C=O) groups excluding carboxylic acids is 3. The predicted molar refractivity (Wildman–Crippen MR) is 132 cm³/mol. The van der Waals surface area contributed by atoms with Crippen molar-refractivity contribution in [3.63, 3.8) is 0 Å². The first-order chi connectivity index (χ1) is 16.5. The molecule has 0 saturated carbocycles. The molecular formula is C27H25NO5S. The third-order valence-corrected chi connectivity index (χ3v) is 6.94. The van der Waals surface area contributed by atoms with Crippen LogP contribution in [0.15, 0.2) is 71.6 Å². The molecule has 0 bridgehead atoms. The van der Waals surface area contributed by atoms with Crippen LogP contribution in [0.2, 0.25) is 0 Å². The Morgan fingerprint density at radius 2 is 1.59 bits per heavy atom. The average Bonchev–Trinajstić information content (AvgIpc) is 2.88. The van der Waals surface area contributed by atoms with E-state index < -0.39 is 17.6 Å². The lowest BCUT2D eigenvalue weighted by Crippen LogP contribution is -2.37. The molecule has 1 atom stereocenters. The van der Waals surface area contributed by atoms with E-state index in [1.165, 1.54) is 11.8 Å². The van der Waals surface area contributed by atoms with Crippen LogP contribution in [0.1, 0.15) is 21.5 Å². The highest BCUT2D eigenvalue weighted by molar-refractivity contribution is 7.99. The van der Waals surface area contributed by atoms with Gasteiger partial charge in [-0.25, -0.2) is 0 Å². The number of rotatable bonds is 8. The first kappa shape index (κ1) is 23.6. The molecule has 6 nitrogen and oxygen atoms in total. The number of Topliss-reactive ketones (excluding diaryl/α,β-unsaturated/α-hetero) is 2. The molecule has 174 valence electrons. The van der Waals surface area contributed by atoms with Gasteiger partial charge < -0.3 is 14.8 Å². The lowest BCUT2D eigenvalue weighted by molar-refractivity contribution is -0.136. The first-order valence-electron chi connectivity index (χ1n) is 10.9. The van der Waals surface area contributed by atoms with Crippen molar-refractivity contribution in [2.75, 3.05) is 25.3 Å². The Labute approximate surface area is 202 Å². The van der Waals surface area contributed by atoms with E-state index in [-0.39, 0.29) is 11.5 Å². The molecule has 1 N–H and O–H groups in total. The number of ether oxygens (including phenoxy) is 2. The van der Waals surface area contributed by atoms with E-state index in [1.54, 1.807) is 38.5 Å². The number of carbonyl (C=O) groups is 3. The number of ketones is 2. The van der Waals surface area contributed by atoms with E-state index in [2.05, 4.69) is 5.32 Å². The summed E-state index contributed by atoms with van der Waals surface area (Å²) < 4.78 is 10.6. The van der Waals surface area contributed by atoms with Crippen LogP contribution in [0.25, 0.3) is 0 Å². The molecule has 1 unspecified atom stereocenters. The topological polar surface area (TPSA) is 81.7 Å². The molecule has 1 amide bonds. The zero-order valence-electron chi connectivity index (χ0n) is 19.0. The number of amides is 1. The molecule has 7 heteroatoms. The highest BCUT2D eigenvalue weighted by Crippen LogP contribution is 2.33. The maximum absolute atomic E-state index is 12.7. The monoisotopic (exact) mass is 475 g/mol. The van der Waals surface area contributed by atoms with E-state index in [4.69, 9.17) is 9.47 Å². The molecule has 0 saturated heterocycles. The van der Waals surface area contributed by atoms with E-state index in [0.717, 1.165) is 28.9 Å². The van der Waals surface area contributed by atoms with Gasteiger partial charge in [-0.1, -0.05) is 36.4 Å². The van der Waals surface area contributed by atoms with Gasteiger partial charge >= 0.3 is 0 Å². The van der Waals surface area contributed by atoms with Crippen molar-refractivity contribution in [1.82, 2.24) is 0 Å². The van der Waals surface area contributed by atoms with Gasteiger partial charge in [0.1, 0.15) is 5.92 Å². The number of nitrogens with one attached hydrogen (secondary N) is 1. The SMILES string of the molecule is COc1ccc(CCc2ccc(NC(=O)C(=O)C3CSc4ccccc4C3=O)cc2)cc1OC. The summed E-state index contributed by atoms with van der Waals surface area (Å²) >= 11 is 1.43. The van der Waals surface area contributed by atoms with Gasteiger partial charge in [0, 0.05) is 21.9 Å². The van der Waals surface area contributed by atoms with Crippen LogP contribution in [0, 0.1) is 5.92 Å². The van der Waals surface area contributed by atoms with E-state index in [0.29, 0.717) is 22.7 Å². The molecule has 4 rings (SSSR count). The number of thioether (sulfide) groups is 1. The minimum atomic E-state index is -0.958. The van der Waals surface area contributed by atoms with Gasteiger partial charge in [-0.2, -0.15) is 0 Å². The normalized spacial score (nSPS) is 14.8. The van der Waals surface area contributed by atoms with Gasteiger partial charge in [0.2, 0.25) is 5.78 Å². The zero-order valence-corrected chi connectivity index (χ0v) is 19.8. The van der Waals surface area contributed by atoms with Gasteiger partial charge in [-0.3, -0.25) is 14.4 Å². The van der Waals surface area contributed by atoms with E-state index in [1.807, 2.05) is 42.5 Å². The fourth-order valence-corrected chi connectivity index (χ4v) is 5.01. The van der Waals surface area contributed by atoms with Crippen LogP contribution >= 0.6 is 11.8 Å².